The molecule has 0 spiro atoms. The number of amides is 1. The summed E-state index contributed by atoms with van der Waals surface area (Å²) in [5.41, 5.74) is 1.06. The Morgan fingerprint density at radius 1 is 1.14 bits per heavy atom. The lowest BCUT2D eigenvalue weighted by molar-refractivity contribution is -0.122. The molecular weight excluding hydrogens is 278 g/mol. The second-order valence-corrected chi connectivity index (χ2v) is 6.16. The van der Waals surface area contributed by atoms with Crippen molar-refractivity contribution in [2.75, 3.05) is 14.2 Å². The van der Waals surface area contributed by atoms with Crippen LogP contribution in [0.15, 0.2) is 18.2 Å². The van der Waals surface area contributed by atoms with Gasteiger partial charge in [-0.15, -0.1) is 0 Å². The van der Waals surface area contributed by atoms with Gasteiger partial charge in [-0.05, 0) is 42.9 Å². The molecule has 2 atom stereocenters. The molecule has 4 heteroatoms. The van der Waals surface area contributed by atoms with Crippen LogP contribution in [0.2, 0.25) is 0 Å². The lowest BCUT2D eigenvalue weighted by Gasteiger charge is -2.29. The van der Waals surface area contributed by atoms with E-state index in [2.05, 4.69) is 12.2 Å². The predicted octanol–water partition coefficient (Wildman–Crippen LogP) is 3.33. The van der Waals surface area contributed by atoms with E-state index in [0.717, 1.165) is 23.5 Å². The third-order valence-electron chi connectivity index (χ3n) is 4.51. The van der Waals surface area contributed by atoms with E-state index in [9.17, 15) is 4.79 Å². The first-order chi connectivity index (χ1) is 10.6. The number of hydrogen-bond donors (Lipinski definition) is 1. The van der Waals surface area contributed by atoms with Crippen LogP contribution in [0.1, 0.15) is 44.6 Å². The van der Waals surface area contributed by atoms with E-state index in [4.69, 9.17) is 9.47 Å². The number of benzene rings is 1. The molecule has 0 heterocycles. The van der Waals surface area contributed by atoms with Gasteiger partial charge in [0.05, 0.1) is 14.2 Å². The number of hydrogen-bond acceptors (Lipinski definition) is 3. The largest absolute Gasteiger partial charge is 0.497 e. The molecule has 0 bridgehead atoms. The second-order valence-electron chi connectivity index (χ2n) is 6.16. The highest BCUT2D eigenvalue weighted by atomic mass is 16.5. The van der Waals surface area contributed by atoms with Gasteiger partial charge in [-0.1, -0.05) is 19.8 Å². The molecule has 0 radical (unpaired) electrons. The molecule has 4 nitrogen and oxygen atoms in total. The summed E-state index contributed by atoms with van der Waals surface area (Å²) in [7, 11) is 3.27. The Morgan fingerprint density at radius 2 is 1.77 bits per heavy atom. The van der Waals surface area contributed by atoms with Gasteiger partial charge in [0, 0.05) is 18.5 Å². The van der Waals surface area contributed by atoms with Crippen molar-refractivity contribution in [2.24, 2.45) is 5.92 Å². The number of carbonyl (C=O) groups excluding carboxylic acids is 1. The van der Waals surface area contributed by atoms with Crippen molar-refractivity contribution < 1.29 is 14.3 Å². The average molecular weight is 305 g/mol. The highest BCUT2D eigenvalue weighted by Crippen LogP contribution is 2.25. The van der Waals surface area contributed by atoms with E-state index < -0.39 is 0 Å². The first-order valence-corrected chi connectivity index (χ1v) is 8.13. The van der Waals surface area contributed by atoms with Crippen molar-refractivity contribution in [1.82, 2.24) is 5.32 Å². The topological polar surface area (TPSA) is 47.6 Å². The fraction of sp³-hybridized carbons (Fsp3) is 0.611. The fourth-order valence-electron chi connectivity index (χ4n) is 3.08. The maximum absolute atomic E-state index is 12.2. The molecule has 22 heavy (non-hydrogen) atoms. The highest BCUT2D eigenvalue weighted by Gasteiger charge is 2.22. The van der Waals surface area contributed by atoms with Crippen LogP contribution in [0, 0.1) is 5.92 Å². The quantitative estimate of drug-likeness (QED) is 0.877. The van der Waals surface area contributed by atoms with Crippen molar-refractivity contribution >= 4 is 5.91 Å². The smallest absolute Gasteiger partial charge is 0.220 e. The van der Waals surface area contributed by atoms with Gasteiger partial charge in [0.1, 0.15) is 11.5 Å². The summed E-state index contributed by atoms with van der Waals surface area (Å²) in [6.45, 7) is 2.23. The minimum absolute atomic E-state index is 0.139. The molecule has 2 unspecified atom stereocenters. The van der Waals surface area contributed by atoms with Gasteiger partial charge in [0.2, 0.25) is 5.91 Å². The summed E-state index contributed by atoms with van der Waals surface area (Å²) in [5.74, 6) is 2.25. The summed E-state index contributed by atoms with van der Waals surface area (Å²) in [6.07, 6.45) is 6.04. The van der Waals surface area contributed by atoms with Crippen molar-refractivity contribution in [2.45, 2.75) is 51.5 Å². The zero-order valence-electron chi connectivity index (χ0n) is 13.9. The summed E-state index contributed by atoms with van der Waals surface area (Å²) in [5, 5.41) is 3.19. The highest BCUT2D eigenvalue weighted by molar-refractivity contribution is 5.76. The fourth-order valence-corrected chi connectivity index (χ4v) is 3.08. The van der Waals surface area contributed by atoms with Crippen molar-refractivity contribution in [1.29, 1.82) is 0 Å². The number of carbonyl (C=O) groups is 1. The number of nitrogens with one attached hydrogen (secondary N) is 1. The number of ether oxygens (including phenoxy) is 2. The average Bonchev–Trinajstić information content (AvgIpc) is 2.54. The van der Waals surface area contributed by atoms with Crippen LogP contribution in [0.25, 0.3) is 0 Å². The molecule has 1 amide bonds. The van der Waals surface area contributed by atoms with Crippen molar-refractivity contribution in [3.8, 4) is 11.5 Å². The maximum atomic E-state index is 12.2. The first kappa shape index (κ1) is 16.7. The number of rotatable bonds is 6. The van der Waals surface area contributed by atoms with Gasteiger partial charge in [0.15, 0.2) is 0 Å². The van der Waals surface area contributed by atoms with Gasteiger partial charge < -0.3 is 14.8 Å². The summed E-state index contributed by atoms with van der Waals surface area (Å²) < 4.78 is 10.5. The van der Waals surface area contributed by atoms with Gasteiger partial charge in [0.25, 0.3) is 0 Å². The Morgan fingerprint density at radius 3 is 2.36 bits per heavy atom. The lowest BCUT2D eigenvalue weighted by Crippen LogP contribution is -2.41. The Labute approximate surface area is 133 Å². The zero-order chi connectivity index (χ0) is 15.9. The molecule has 1 fully saturated rings. The van der Waals surface area contributed by atoms with Crippen LogP contribution in [-0.4, -0.2) is 26.2 Å². The normalized spacial score (nSPS) is 21.2. The van der Waals surface area contributed by atoms with E-state index in [-0.39, 0.29) is 5.91 Å². The third kappa shape index (κ3) is 4.65. The Kier molecular flexibility index (Phi) is 6.10. The lowest BCUT2D eigenvalue weighted by atomic mass is 9.86. The predicted molar refractivity (Wildman–Crippen MR) is 87.4 cm³/mol. The van der Waals surface area contributed by atoms with Crippen LogP contribution in [0.3, 0.4) is 0 Å². The minimum atomic E-state index is 0.139. The van der Waals surface area contributed by atoms with Crippen LogP contribution in [0.5, 0.6) is 11.5 Å². The summed E-state index contributed by atoms with van der Waals surface area (Å²) >= 11 is 0. The monoisotopic (exact) mass is 305 g/mol. The molecule has 1 aliphatic carbocycles. The van der Waals surface area contributed by atoms with E-state index in [1.807, 2.05) is 18.2 Å². The third-order valence-corrected chi connectivity index (χ3v) is 4.51. The Bertz CT molecular complexity index is 479. The molecule has 1 aliphatic rings. The van der Waals surface area contributed by atoms with Crippen LogP contribution < -0.4 is 14.8 Å². The van der Waals surface area contributed by atoms with Gasteiger partial charge in [-0.3, -0.25) is 4.79 Å². The molecule has 1 aromatic rings. The zero-order valence-corrected chi connectivity index (χ0v) is 13.9. The van der Waals surface area contributed by atoms with Crippen LogP contribution >= 0.6 is 0 Å². The van der Waals surface area contributed by atoms with Crippen LogP contribution in [0.4, 0.5) is 0 Å². The van der Waals surface area contributed by atoms with E-state index >= 15 is 0 Å². The molecular formula is C18H27NO3. The standard InChI is InChI=1S/C18H27NO3/c1-13-6-4-5-7-17(13)19-18(20)9-8-14-10-15(21-2)12-16(11-14)22-3/h10-13,17H,4-9H2,1-3H3,(H,19,20). The van der Waals surface area contributed by atoms with Crippen molar-refractivity contribution in [3.63, 3.8) is 0 Å². The Hall–Kier alpha value is -1.71. The first-order valence-electron chi connectivity index (χ1n) is 8.13. The number of aryl methyl sites for hydroxylation is 1. The second kappa shape index (κ2) is 8.06. The number of methoxy groups -OCH3 is 2. The van der Waals surface area contributed by atoms with Gasteiger partial charge >= 0.3 is 0 Å². The van der Waals surface area contributed by atoms with E-state index in [1.165, 1.54) is 19.3 Å². The van der Waals surface area contributed by atoms with Crippen molar-refractivity contribution in [3.05, 3.63) is 23.8 Å². The Balaban J connectivity index is 1.87. The molecule has 1 saturated carbocycles. The molecule has 1 aromatic carbocycles. The maximum Gasteiger partial charge on any atom is 0.220 e. The summed E-state index contributed by atoms with van der Waals surface area (Å²) in [4.78, 5) is 12.2. The minimum Gasteiger partial charge on any atom is -0.497 e. The molecule has 122 valence electrons. The van der Waals surface area contributed by atoms with Crippen LogP contribution in [-0.2, 0) is 11.2 Å². The van der Waals surface area contributed by atoms with Gasteiger partial charge in [-0.2, -0.15) is 0 Å². The molecule has 1 N–H and O–H groups in total. The molecule has 0 aromatic heterocycles. The van der Waals surface area contributed by atoms with Gasteiger partial charge in [-0.25, -0.2) is 0 Å². The van der Waals surface area contributed by atoms with E-state index in [1.54, 1.807) is 14.2 Å². The summed E-state index contributed by atoms with van der Waals surface area (Å²) in [6, 6.07) is 6.10. The van der Waals surface area contributed by atoms with E-state index in [0.29, 0.717) is 24.8 Å². The molecule has 2 rings (SSSR count). The molecule has 0 aliphatic heterocycles. The molecule has 0 saturated heterocycles. The SMILES string of the molecule is COc1cc(CCC(=O)NC2CCCCC2C)cc(OC)c1.